The fourth-order valence-electron chi connectivity index (χ4n) is 4.06. The summed E-state index contributed by atoms with van der Waals surface area (Å²) in [6, 6.07) is 11.9. The molecule has 4 aromatic rings. The van der Waals surface area contributed by atoms with Crippen molar-refractivity contribution in [1.82, 2.24) is 24.7 Å². The van der Waals surface area contributed by atoms with Gasteiger partial charge in [-0.1, -0.05) is 30.1 Å². The van der Waals surface area contributed by atoms with Crippen molar-refractivity contribution in [2.45, 2.75) is 44.1 Å². The second-order valence-corrected chi connectivity index (χ2v) is 7.77. The summed E-state index contributed by atoms with van der Waals surface area (Å²) in [5.74, 6) is 2.07. The molecule has 0 amide bonds. The van der Waals surface area contributed by atoms with Crippen molar-refractivity contribution >= 4 is 11.0 Å². The van der Waals surface area contributed by atoms with Crippen LogP contribution in [0.25, 0.3) is 28.2 Å². The lowest BCUT2D eigenvalue weighted by atomic mass is 9.74. The molecule has 1 aromatic carbocycles. The molecule has 1 saturated carbocycles. The highest BCUT2D eigenvalue weighted by Crippen LogP contribution is 2.38. The number of imidazole rings is 1. The van der Waals surface area contributed by atoms with Crippen LogP contribution in [-0.4, -0.2) is 30.2 Å². The number of aromatic nitrogens is 5. The lowest BCUT2D eigenvalue weighted by Gasteiger charge is -2.35. The van der Waals surface area contributed by atoms with Crippen molar-refractivity contribution in [2.75, 3.05) is 0 Å². The van der Waals surface area contributed by atoms with Crippen molar-refractivity contribution in [2.24, 2.45) is 5.73 Å². The van der Waals surface area contributed by atoms with E-state index < -0.39 is 0 Å². The molecule has 0 saturated heterocycles. The maximum absolute atomic E-state index is 6.47. The van der Waals surface area contributed by atoms with E-state index >= 15 is 0 Å². The Hall–Kier alpha value is -3.06. The Morgan fingerprint density at radius 2 is 2.04 bits per heavy atom. The standard InChI is InChI=1S/C21H22N6O/c1-21(22)11-5-4-6-15(21)20-25-19(26-28-20)14-9-10-18(23-12-14)27-13-24-16-7-2-3-8-17(16)27/h2-3,7-10,12-13,15H,4-6,11,22H2,1H3. The predicted molar refractivity (Wildman–Crippen MR) is 106 cm³/mol. The first kappa shape index (κ1) is 17.1. The fraction of sp³-hybridized carbons (Fsp3) is 0.333. The minimum absolute atomic E-state index is 0.104. The molecule has 28 heavy (non-hydrogen) atoms. The van der Waals surface area contributed by atoms with E-state index in [1.807, 2.05) is 41.0 Å². The van der Waals surface area contributed by atoms with Gasteiger partial charge in [0.05, 0.1) is 17.0 Å². The van der Waals surface area contributed by atoms with Crippen molar-refractivity contribution in [3.05, 3.63) is 54.8 Å². The first-order chi connectivity index (χ1) is 13.6. The molecule has 0 radical (unpaired) electrons. The van der Waals surface area contributed by atoms with E-state index in [0.29, 0.717) is 11.7 Å². The zero-order valence-corrected chi connectivity index (χ0v) is 15.7. The van der Waals surface area contributed by atoms with Crippen LogP contribution in [0, 0.1) is 0 Å². The molecular weight excluding hydrogens is 352 g/mol. The summed E-state index contributed by atoms with van der Waals surface area (Å²) in [5, 5.41) is 4.17. The third-order valence-corrected chi connectivity index (χ3v) is 5.70. The van der Waals surface area contributed by atoms with E-state index in [1.165, 1.54) is 0 Å². The van der Waals surface area contributed by atoms with E-state index in [2.05, 4.69) is 27.0 Å². The maximum atomic E-state index is 6.47. The van der Waals surface area contributed by atoms with Crippen molar-refractivity contribution < 1.29 is 4.52 Å². The SMILES string of the molecule is CC1(N)CCCCC1c1nc(-c2ccc(-n3cnc4ccccc43)nc2)no1. The average Bonchev–Trinajstić information content (AvgIpc) is 3.35. The van der Waals surface area contributed by atoms with Crippen LogP contribution in [0.1, 0.15) is 44.4 Å². The largest absolute Gasteiger partial charge is 0.339 e. The van der Waals surface area contributed by atoms with Crippen LogP contribution >= 0.6 is 0 Å². The molecule has 0 spiro atoms. The average molecular weight is 374 g/mol. The summed E-state index contributed by atoms with van der Waals surface area (Å²) in [6.07, 6.45) is 7.80. The van der Waals surface area contributed by atoms with Gasteiger partial charge in [0, 0.05) is 17.3 Å². The number of para-hydroxylation sites is 2. The molecule has 0 bridgehead atoms. The normalized spacial score (nSPS) is 22.6. The number of hydrogen-bond donors (Lipinski definition) is 1. The quantitative estimate of drug-likeness (QED) is 0.585. The molecule has 2 unspecified atom stereocenters. The Bertz CT molecular complexity index is 1110. The molecule has 7 heteroatoms. The second kappa shape index (κ2) is 6.53. The Balaban J connectivity index is 1.43. The van der Waals surface area contributed by atoms with Crippen LogP contribution in [0.15, 0.2) is 53.4 Å². The number of rotatable bonds is 3. The van der Waals surface area contributed by atoms with Crippen LogP contribution in [0.5, 0.6) is 0 Å². The predicted octanol–water partition coefficient (Wildman–Crippen LogP) is 3.85. The number of benzene rings is 1. The molecule has 1 aliphatic rings. The van der Waals surface area contributed by atoms with Crippen molar-refractivity contribution in [3.8, 4) is 17.2 Å². The van der Waals surface area contributed by atoms with E-state index in [9.17, 15) is 0 Å². The van der Waals surface area contributed by atoms with Crippen molar-refractivity contribution in [1.29, 1.82) is 0 Å². The molecule has 1 aliphatic carbocycles. The summed E-state index contributed by atoms with van der Waals surface area (Å²) < 4.78 is 7.53. The molecule has 3 aromatic heterocycles. The monoisotopic (exact) mass is 374 g/mol. The first-order valence-corrected chi connectivity index (χ1v) is 9.63. The minimum atomic E-state index is -0.299. The highest BCUT2D eigenvalue weighted by molar-refractivity contribution is 5.76. The Morgan fingerprint density at radius 1 is 1.14 bits per heavy atom. The van der Waals surface area contributed by atoms with Crippen LogP contribution in [0.3, 0.4) is 0 Å². The molecule has 0 aliphatic heterocycles. The Kier molecular flexibility index (Phi) is 3.98. The van der Waals surface area contributed by atoms with Gasteiger partial charge in [0.2, 0.25) is 11.7 Å². The minimum Gasteiger partial charge on any atom is -0.339 e. The van der Waals surface area contributed by atoms with E-state index in [-0.39, 0.29) is 11.5 Å². The first-order valence-electron chi connectivity index (χ1n) is 9.63. The fourth-order valence-corrected chi connectivity index (χ4v) is 4.06. The van der Waals surface area contributed by atoms with Crippen LogP contribution in [0.4, 0.5) is 0 Å². The van der Waals surface area contributed by atoms with Gasteiger partial charge in [0.1, 0.15) is 12.1 Å². The lowest BCUT2D eigenvalue weighted by Crippen LogP contribution is -2.44. The lowest BCUT2D eigenvalue weighted by molar-refractivity contribution is 0.223. The number of nitrogens with two attached hydrogens (primary N) is 1. The van der Waals surface area contributed by atoms with Gasteiger partial charge in [0.15, 0.2) is 0 Å². The van der Waals surface area contributed by atoms with Crippen molar-refractivity contribution in [3.63, 3.8) is 0 Å². The Morgan fingerprint density at radius 3 is 2.86 bits per heavy atom. The summed E-state index contributed by atoms with van der Waals surface area (Å²) >= 11 is 0. The Labute approximate surface area is 162 Å². The number of pyridine rings is 1. The van der Waals surface area contributed by atoms with E-state index in [4.69, 9.17) is 10.3 Å². The number of fused-ring (bicyclic) bond motifs is 1. The van der Waals surface area contributed by atoms with Crippen LogP contribution < -0.4 is 5.73 Å². The van der Waals surface area contributed by atoms with Gasteiger partial charge in [-0.05, 0) is 44.0 Å². The maximum Gasteiger partial charge on any atom is 0.231 e. The zero-order valence-electron chi connectivity index (χ0n) is 15.7. The summed E-state index contributed by atoms with van der Waals surface area (Å²) in [6.45, 7) is 2.08. The molecule has 2 atom stereocenters. The van der Waals surface area contributed by atoms with Gasteiger partial charge < -0.3 is 10.3 Å². The molecule has 7 nitrogen and oxygen atoms in total. The molecule has 5 rings (SSSR count). The van der Waals surface area contributed by atoms with Crippen LogP contribution in [0.2, 0.25) is 0 Å². The van der Waals surface area contributed by atoms with E-state index in [0.717, 1.165) is 48.1 Å². The molecule has 2 N–H and O–H groups in total. The van der Waals surface area contributed by atoms with Crippen LogP contribution in [-0.2, 0) is 0 Å². The zero-order chi connectivity index (χ0) is 19.1. The summed E-state index contributed by atoms with van der Waals surface area (Å²) in [7, 11) is 0. The molecule has 142 valence electrons. The summed E-state index contributed by atoms with van der Waals surface area (Å²) in [5.41, 5.74) is 8.95. The second-order valence-electron chi connectivity index (χ2n) is 7.77. The molecule has 1 fully saturated rings. The number of hydrogen-bond acceptors (Lipinski definition) is 6. The van der Waals surface area contributed by atoms with Gasteiger partial charge in [-0.2, -0.15) is 4.98 Å². The highest BCUT2D eigenvalue weighted by atomic mass is 16.5. The van der Waals surface area contributed by atoms with Gasteiger partial charge >= 0.3 is 0 Å². The van der Waals surface area contributed by atoms with E-state index in [1.54, 1.807) is 12.5 Å². The smallest absolute Gasteiger partial charge is 0.231 e. The van der Waals surface area contributed by atoms with Gasteiger partial charge in [-0.25, -0.2) is 9.97 Å². The van der Waals surface area contributed by atoms with Gasteiger partial charge in [-0.3, -0.25) is 4.57 Å². The third kappa shape index (κ3) is 2.88. The van der Waals surface area contributed by atoms with Gasteiger partial charge in [-0.15, -0.1) is 0 Å². The highest BCUT2D eigenvalue weighted by Gasteiger charge is 2.37. The number of nitrogens with zero attached hydrogens (tertiary/aromatic N) is 5. The molecular formula is C21H22N6O. The van der Waals surface area contributed by atoms with Gasteiger partial charge in [0.25, 0.3) is 0 Å². The summed E-state index contributed by atoms with van der Waals surface area (Å²) in [4.78, 5) is 13.6. The third-order valence-electron chi connectivity index (χ3n) is 5.70. The molecule has 3 heterocycles. The topological polar surface area (TPSA) is 95.7 Å².